The summed E-state index contributed by atoms with van der Waals surface area (Å²) >= 11 is 0. The van der Waals surface area contributed by atoms with Crippen molar-refractivity contribution in [1.29, 1.82) is 0 Å². The van der Waals surface area contributed by atoms with E-state index in [1.165, 1.54) is 7.11 Å². The van der Waals surface area contributed by atoms with Crippen molar-refractivity contribution < 1.29 is 38.7 Å². The van der Waals surface area contributed by atoms with E-state index in [0.717, 1.165) is 24.8 Å². The normalized spacial score (nSPS) is 41.1. The van der Waals surface area contributed by atoms with Gasteiger partial charge in [-0.15, -0.1) is 0 Å². The van der Waals surface area contributed by atoms with E-state index in [2.05, 4.69) is 0 Å². The van der Waals surface area contributed by atoms with E-state index in [0.29, 0.717) is 6.42 Å². The molecule has 8 nitrogen and oxygen atoms in total. The summed E-state index contributed by atoms with van der Waals surface area (Å²) in [5.74, 6) is -4.38. The van der Waals surface area contributed by atoms with E-state index < -0.39 is 42.1 Å². The summed E-state index contributed by atoms with van der Waals surface area (Å²) in [6, 6.07) is 9.58. The number of fused-ring (bicyclic) bond motifs is 2. The Kier molecular flexibility index (Phi) is 10.7. The SMILES string of the molecule is COC1/C=C\C(C)C2OC(O)(C(C)C(=O)OC(c3ccccc3)CCCCC1OC)C(OC)C(O)C2C. The number of aliphatic hydroxyl groups excluding tert-OH is 1. The van der Waals surface area contributed by atoms with Crippen LogP contribution in [0.3, 0.4) is 0 Å². The summed E-state index contributed by atoms with van der Waals surface area (Å²) in [5.41, 5.74) is 0.880. The van der Waals surface area contributed by atoms with Crippen molar-refractivity contribution in [2.45, 2.75) is 88.9 Å². The zero-order chi connectivity index (χ0) is 27.2. The molecule has 37 heavy (non-hydrogen) atoms. The third-order valence-corrected chi connectivity index (χ3v) is 8.03. The van der Waals surface area contributed by atoms with E-state index >= 15 is 0 Å². The van der Waals surface area contributed by atoms with Crippen LogP contribution in [0, 0.1) is 17.8 Å². The van der Waals surface area contributed by atoms with E-state index in [-0.39, 0.29) is 24.0 Å². The molecule has 0 aromatic heterocycles. The van der Waals surface area contributed by atoms with Gasteiger partial charge in [0.1, 0.15) is 24.2 Å². The summed E-state index contributed by atoms with van der Waals surface area (Å²) in [6.07, 6.45) is 3.29. The third-order valence-electron chi connectivity index (χ3n) is 8.03. The Hall–Kier alpha value is -1.81. The highest BCUT2D eigenvalue weighted by Crippen LogP contribution is 2.42. The van der Waals surface area contributed by atoms with Crippen molar-refractivity contribution in [1.82, 2.24) is 0 Å². The number of aliphatic hydroxyl groups is 2. The Labute approximate surface area is 220 Å². The van der Waals surface area contributed by atoms with Gasteiger partial charge in [0.25, 0.3) is 0 Å². The minimum Gasteiger partial charge on any atom is -0.457 e. The van der Waals surface area contributed by atoms with Crippen LogP contribution >= 0.6 is 0 Å². The van der Waals surface area contributed by atoms with Crippen LogP contribution in [0.15, 0.2) is 42.5 Å². The maximum atomic E-state index is 13.5. The molecule has 10 unspecified atom stereocenters. The molecule has 3 rings (SSSR count). The fraction of sp³-hybridized carbons (Fsp3) is 0.690. The standard InChI is InChI=1S/C29H44O8/c1-18-16-17-24(34-5)23(33-4)15-11-10-14-22(21-12-8-7-9-13-21)36-28(31)20(3)29(32)27(35-6)25(30)19(2)26(18)37-29/h7-9,12-13,16-20,22-27,30,32H,10-11,14-15H2,1-6H3/b17-16-. The largest absolute Gasteiger partial charge is 0.457 e. The van der Waals surface area contributed by atoms with E-state index in [1.807, 2.05) is 56.3 Å². The van der Waals surface area contributed by atoms with Crippen molar-refractivity contribution >= 4 is 5.97 Å². The summed E-state index contributed by atoms with van der Waals surface area (Å²) in [6.45, 7) is 5.36. The molecule has 0 spiro atoms. The molecule has 0 saturated carbocycles. The van der Waals surface area contributed by atoms with Gasteiger partial charge in [0.15, 0.2) is 0 Å². The Balaban J connectivity index is 2.01. The van der Waals surface area contributed by atoms with Crippen LogP contribution < -0.4 is 0 Å². The zero-order valence-corrected chi connectivity index (χ0v) is 22.9. The van der Waals surface area contributed by atoms with Gasteiger partial charge < -0.3 is 33.9 Å². The smallest absolute Gasteiger partial charge is 0.314 e. The molecule has 1 saturated heterocycles. The number of rotatable bonds is 4. The number of esters is 1. The second-order valence-corrected chi connectivity index (χ2v) is 10.4. The quantitative estimate of drug-likeness (QED) is 0.456. The van der Waals surface area contributed by atoms with Gasteiger partial charge in [-0.3, -0.25) is 4.79 Å². The lowest BCUT2D eigenvalue weighted by molar-refractivity contribution is -0.360. The van der Waals surface area contributed by atoms with Crippen molar-refractivity contribution in [2.75, 3.05) is 21.3 Å². The molecular weight excluding hydrogens is 476 g/mol. The maximum Gasteiger partial charge on any atom is 0.314 e. The highest BCUT2D eigenvalue weighted by Gasteiger charge is 2.58. The molecule has 2 N–H and O–H groups in total. The molecule has 2 aliphatic heterocycles. The predicted octanol–water partition coefficient (Wildman–Crippen LogP) is 3.80. The Morgan fingerprint density at radius 1 is 0.946 bits per heavy atom. The molecule has 8 heteroatoms. The first-order valence-electron chi connectivity index (χ1n) is 13.3. The number of methoxy groups -OCH3 is 3. The van der Waals surface area contributed by atoms with Gasteiger partial charge in [0.2, 0.25) is 5.79 Å². The van der Waals surface area contributed by atoms with Gasteiger partial charge in [-0.1, -0.05) is 62.8 Å². The molecule has 1 aromatic rings. The fourth-order valence-corrected chi connectivity index (χ4v) is 5.56. The molecule has 0 amide bonds. The van der Waals surface area contributed by atoms with Crippen molar-refractivity contribution in [3.63, 3.8) is 0 Å². The van der Waals surface area contributed by atoms with Crippen LogP contribution in [0.1, 0.15) is 58.1 Å². The molecule has 10 atom stereocenters. The maximum absolute atomic E-state index is 13.5. The zero-order valence-electron chi connectivity index (χ0n) is 22.9. The van der Waals surface area contributed by atoms with E-state index in [1.54, 1.807) is 21.1 Å². The van der Waals surface area contributed by atoms with Gasteiger partial charge in [-0.05, 0) is 31.7 Å². The van der Waals surface area contributed by atoms with Gasteiger partial charge in [0.05, 0.1) is 18.3 Å². The summed E-state index contributed by atoms with van der Waals surface area (Å²) in [7, 11) is 4.72. The number of carbonyl (C=O) groups is 1. The van der Waals surface area contributed by atoms with Crippen LogP contribution in [0.4, 0.5) is 0 Å². The van der Waals surface area contributed by atoms with Gasteiger partial charge in [0, 0.05) is 33.2 Å². The minimum absolute atomic E-state index is 0.149. The third kappa shape index (κ3) is 6.61. The highest BCUT2D eigenvalue weighted by molar-refractivity contribution is 5.73. The first-order chi connectivity index (χ1) is 17.7. The molecule has 2 heterocycles. The molecule has 208 valence electrons. The first-order valence-corrected chi connectivity index (χ1v) is 13.3. The Morgan fingerprint density at radius 2 is 1.62 bits per heavy atom. The summed E-state index contributed by atoms with van der Waals surface area (Å²) in [4.78, 5) is 13.5. The molecule has 1 aromatic carbocycles. The second-order valence-electron chi connectivity index (χ2n) is 10.4. The van der Waals surface area contributed by atoms with Gasteiger partial charge in [-0.2, -0.15) is 0 Å². The molecule has 2 aliphatic rings. The van der Waals surface area contributed by atoms with E-state index in [4.69, 9.17) is 23.7 Å². The monoisotopic (exact) mass is 520 g/mol. The number of cyclic esters (lactones) is 1. The van der Waals surface area contributed by atoms with Crippen LogP contribution in [0.5, 0.6) is 0 Å². The fourth-order valence-electron chi connectivity index (χ4n) is 5.56. The van der Waals surface area contributed by atoms with E-state index in [9.17, 15) is 15.0 Å². The van der Waals surface area contributed by atoms with Crippen molar-refractivity contribution in [3.05, 3.63) is 48.0 Å². The molecule has 2 bridgehead atoms. The Morgan fingerprint density at radius 3 is 2.24 bits per heavy atom. The summed E-state index contributed by atoms with van der Waals surface area (Å²) in [5, 5.41) is 22.9. The molecular formula is C29H44O8. The topological polar surface area (TPSA) is 104 Å². The summed E-state index contributed by atoms with van der Waals surface area (Å²) < 4.78 is 29.3. The van der Waals surface area contributed by atoms with Crippen molar-refractivity contribution in [3.8, 4) is 0 Å². The Bertz CT molecular complexity index is 876. The number of ether oxygens (including phenoxy) is 5. The average molecular weight is 521 g/mol. The minimum atomic E-state index is -2.08. The average Bonchev–Trinajstić information content (AvgIpc) is 2.90. The molecule has 1 fully saturated rings. The predicted molar refractivity (Wildman–Crippen MR) is 139 cm³/mol. The van der Waals surface area contributed by atoms with Crippen LogP contribution in [-0.4, -0.2) is 73.8 Å². The van der Waals surface area contributed by atoms with Crippen molar-refractivity contribution in [2.24, 2.45) is 17.8 Å². The lowest BCUT2D eigenvalue weighted by Gasteiger charge is -2.51. The molecule has 0 aliphatic carbocycles. The van der Waals surface area contributed by atoms with Gasteiger partial charge in [-0.25, -0.2) is 0 Å². The molecule has 0 radical (unpaired) electrons. The second kappa shape index (κ2) is 13.3. The van der Waals surface area contributed by atoms with Crippen LogP contribution in [0.25, 0.3) is 0 Å². The highest BCUT2D eigenvalue weighted by atomic mass is 16.7. The number of carbonyl (C=O) groups excluding carboxylic acids is 1. The first kappa shape index (κ1) is 29.7. The van der Waals surface area contributed by atoms with Crippen LogP contribution in [0.2, 0.25) is 0 Å². The van der Waals surface area contributed by atoms with Gasteiger partial charge >= 0.3 is 5.97 Å². The number of benzene rings is 1. The lowest BCUT2D eigenvalue weighted by Crippen LogP contribution is -2.66. The number of hydrogen-bond donors (Lipinski definition) is 2. The lowest BCUT2D eigenvalue weighted by atomic mass is 9.78. The number of hydrogen-bond acceptors (Lipinski definition) is 8. The van der Waals surface area contributed by atoms with Crippen LogP contribution in [-0.2, 0) is 28.5 Å².